The molecule has 2 rings (SSSR count). The van der Waals surface area contributed by atoms with Gasteiger partial charge in [0.15, 0.2) is 0 Å². The largest absolute Gasteiger partial charge is 0.399 e. The number of benzene rings is 2. The van der Waals surface area contributed by atoms with Gasteiger partial charge in [0.05, 0.1) is 0 Å². The van der Waals surface area contributed by atoms with E-state index in [-0.39, 0.29) is 0 Å². The third-order valence-corrected chi connectivity index (χ3v) is 2.76. The van der Waals surface area contributed by atoms with Crippen LogP contribution in [-0.4, -0.2) is 0 Å². The molecule has 0 aromatic heterocycles. The maximum absolute atomic E-state index is 13.6. The summed E-state index contributed by atoms with van der Waals surface area (Å²) >= 11 is 11.8. The fraction of sp³-hybridized carbons (Fsp3) is 0. The van der Waals surface area contributed by atoms with Crippen molar-refractivity contribution in [2.45, 2.75) is 0 Å². The number of hydrogen-bond acceptors (Lipinski definition) is 1. The first-order chi connectivity index (χ1) is 7.58. The smallest absolute Gasteiger partial charge is 0.133 e. The lowest BCUT2D eigenvalue weighted by molar-refractivity contribution is 0.632. The van der Waals surface area contributed by atoms with Gasteiger partial charge in [0.25, 0.3) is 0 Å². The monoisotopic (exact) mass is 255 g/mol. The highest BCUT2D eigenvalue weighted by molar-refractivity contribution is 6.36. The zero-order valence-corrected chi connectivity index (χ0v) is 9.69. The lowest BCUT2D eigenvalue weighted by Crippen LogP contribution is -1.90. The van der Waals surface area contributed by atoms with Gasteiger partial charge in [0.2, 0.25) is 0 Å². The maximum Gasteiger partial charge on any atom is 0.133 e. The van der Waals surface area contributed by atoms with Crippen LogP contribution < -0.4 is 5.73 Å². The van der Waals surface area contributed by atoms with Gasteiger partial charge in [0, 0.05) is 26.9 Å². The van der Waals surface area contributed by atoms with Crippen LogP contribution in [-0.2, 0) is 0 Å². The van der Waals surface area contributed by atoms with E-state index in [9.17, 15) is 4.39 Å². The van der Waals surface area contributed by atoms with Crippen LogP contribution in [0.3, 0.4) is 0 Å². The van der Waals surface area contributed by atoms with E-state index in [1.807, 2.05) is 0 Å². The van der Waals surface area contributed by atoms with E-state index in [4.69, 9.17) is 28.9 Å². The van der Waals surface area contributed by atoms with E-state index in [1.165, 1.54) is 6.07 Å². The summed E-state index contributed by atoms with van der Waals surface area (Å²) in [6, 6.07) is 9.41. The zero-order chi connectivity index (χ0) is 11.7. The van der Waals surface area contributed by atoms with Gasteiger partial charge in [0.1, 0.15) is 5.82 Å². The SMILES string of the molecule is Nc1ccc(-c2ccc(Cl)cc2Cl)c(F)c1. The quantitative estimate of drug-likeness (QED) is 0.752. The second kappa shape index (κ2) is 4.32. The van der Waals surface area contributed by atoms with Crippen molar-refractivity contribution >= 4 is 28.9 Å². The standard InChI is InChI=1S/C12H8Cl2FN/c13-7-1-3-9(11(14)5-7)10-4-2-8(16)6-12(10)15/h1-6H,16H2. The van der Waals surface area contributed by atoms with Crippen molar-refractivity contribution in [1.82, 2.24) is 0 Å². The number of nitrogens with two attached hydrogens (primary N) is 1. The molecule has 0 fully saturated rings. The third kappa shape index (κ3) is 2.13. The van der Waals surface area contributed by atoms with Gasteiger partial charge in [-0.25, -0.2) is 4.39 Å². The van der Waals surface area contributed by atoms with Gasteiger partial charge in [-0.2, -0.15) is 0 Å². The Balaban J connectivity index is 2.59. The molecule has 0 aliphatic rings. The van der Waals surface area contributed by atoms with Crippen LogP contribution in [0.25, 0.3) is 11.1 Å². The fourth-order valence-electron chi connectivity index (χ4n) is 1.46. The Hall–Kier alpha value is -1.25. The summed E-state index contributed by atoms with van der Waals surface area (Å²) in [5, 5.41) is 0.931. The van der Waals surface area contributed by atoms with Crippen LogP contribution in [0.1, 0.15) is 0 Å². The molecule has 82 valence electrons. The van der Waals surface area contributed by atoms with Crippen molar-refractivity contribution in [1.29, 1.82) is 0 Å². The summed E-state index contributed by atoms with van der Waals surface area (Å²) in [5.74, 6) is -0.399. The molecule has 0 unspecified atom stereocenters. The maximum atomic E-state index is 13.6. The summed E-state index contributed by atoms with van der Waals surface area (Å²) < 4.78 is 13.6. The van der Waals surface area contributed by atoms with Gasteiger partial charge < -0.3 is 5.73 Å². The number of rotatable bonds is 1. The molecular formula is C12H8Cl2FN. The van der Waals surface area contributed by atoms with Gasteiger partial charge in [-0.1, -0.05) is 29.3 Å². The molecule has 0 saturated heterocycles. The first-order valence-corrected chi connectivity index (χ1v) is 5.34. The molecule has 2 aromatic carbocycles. The van der Waals surface area contributed by atoms with Crippen LogP contribution >= 0.6 is 23.2 Å². The van der Waals surface area contributed by atoms with Crippen LogP contribution in [0.5, 0.6) is 0 Å². The molecule has 0 aliphatic carbocycles. The van der Waals surface area contributed by atoms with Crippen LogP contribution in [0.4, 0.5) is 10.1 Å². The zero-order valence-electron chi connectivity index (χ0n) is 8.18. The molecule has 0 spiro atoms. The van der Waals surface area contributed by atoms with Gasteiger partial charge >= 0.3 is 0 Å². The normalized spacial score (nSPS) is 10.4. The molecule has 4 heteroatoms. The Kier molecular flexibility index (Phi) is 3.03. The minimum Gasteiger partial charge on any atom is -0.399 e. The molecule has 1 nitrogen and oxygen atoms in total. The summed E-state index contributed by atoms with van der Waals surface area (Å²) in [5.41, 5.74) is 6.87. The minimum atomic E-state index is -0.399. The van der Waals surface area contributed by atoms with Crippen LogP contribution in [0, 0.1) is 5.82 Å². The van der Waals surface area contributed by atoms with E-state index in [2.05, 4.69) is 0 Å². The minimum absolute atomic E-state index is 0.381. The van der Waals surface area contributed by atoms with Crippen molar-refractivity contribution in [2.75, 3.05) is 5.73 Å². The van der Waals surface area contributed by atoms with Crippen LogP contribution in [0.2, 0.25) is 10.0 Å². The Morgan fingerprint density at radius 1 is 0.938 bits per heavy atom. The molecule has 0 atom stereocenters. The first-order valence-electron chi connectivity index (χ1n) is 4.58. The average Bonchev–Trinajstić information content (AvgIpc) is 2.19. The third-order valence-electron chi connectivity index (χ3n) is 2.21. The molecular weight excluding hydrogens is 248 g/mol. The van der Waals surface area contributed by atoms with E-state index in [0.29, 0.717) is 26.9 Å². The number of hydrogen-bond donors (Lipinski definition) is 1. The summed E-state index contributed by atoms with van der Waals surface area (Å²) in [6.07, 6.45) is 0. The topological polar surface area (TPSA) is 26.0 Å². The van der Waals surface area contributed by atoms with Crippen LogP contribution in [0.15, 0.2) is 36.4 Å². The van der Waals surface area contributed by atoms with Gasteiger partial charge in [-0.05, 0) is 30.3 Å². The predicted octanol–water partition coefficient (Wildman–Crippen LogP) is 4.38. The highest BCUT2D eigenvalue weighted by atomic mass is 35.5. The predicted molar refractivity (Wildman–Crippen MR) is 66.3 cm³/mol. The molecule has 0 aliphatic heterocycles. The molecule has 0 radical (unpaired) electrons. The number of nitrogen functional groups attached to an aromatic ring is 1. The molecule has 0 saturated carbocycles. The van der Waals surface area contributed by atoms with Crippen molar-refractivity contribution in [3.05, 3.63) is 52.3 Å². The molecule has 16 heavy (non-hydrogen) atoms. The highest BCUT2D eigenvalue weighted by Gasteiger charge is 2.09. The lowest BCUT2D eigenvalue weighted by Gasteiger charge is -2.06. The Labute approximate surface area is 103 Å². The molecule has 2 N–H and O–H groups in total. The molecule has 2 aromatic rings. The fourth-order valence-corrected chi connectivity index (χ4v) is 1.97. The lowest BCUT2D eigenvalue weighted by atomic mass is 10.0. The molecule has 0 bridgehead atoms. The second-order valence-corrected chi connectivity index (χ2v) is 4.21. The Morgan fingerprint density at radius 2 is 1.62 bits per heavy atom. The van der Waals surface area contributed by atoms with Gasteiger partial charge in [-0.3, -0.25) is 0 Å². The van der Waals surface area contributed by atoms with Crippen molar-refractivity contribution in [3.63, 3.8) is 0 Å². The number of anilines is 1. The van der Waals surface area contributed by atoms with E-state index < -0.39 is 5.82 Å². The van der Waals surface area contributed by atoms with E-state index in [0.717, 1.165) is 0 Å². The summed E-state index contributed by atoms with van der Waals surface area (Å²) in [6.45, 7) is 0. The molecule has 0 heterocycles. The summed E-state index contributed by atoms with van der Waals surface area (Å²) in [7, 11) is 0. The van der Waals surface area contributed by atoms with Crippen molar-refractivity contribution in [2.24, 2.45) is 0 Å². The Bertz CT molecular complexity index is 491. The van der Waals surface area contributed by atoms with Crippen molar-refractivity contribution in [3.8, 4) is 11.1 Å². The number of halogens is 3. The highest BCUT2D eigenvalue weighted by Crippen LogP contribution is 2.32. The molecule has 0 amide bonds. The summed E-state index contributed by atoms with van der Waals surface area (Å²) in [4.78, 5) is 0. The van der Waals surface area contributed by atoms with Crippen molar-refractivity contribution < 1.29 is 4.39 Å². The second-order valence-electron chi connectivity index (χ2n) is 3.36. The van der Waals surface area contributed by atoms with Gasteiger partial charge in [-0.15, -0.1) is 0 Å². The van der Waals surface area contributed by atoms with E-state index >= 15 is 0 Å². The first kappa shape index (κ1) is 11.2. The average molecular weight is 256 g/mol. The van der Waals surface area contributed by atoms with E-state index in [1.54, 1.807) is 30.3 Å². The Morgan fingerprint density at radius 3 is 2.25 bits per heavy atom.